The number of unbranched alkanes of at least 4 members (excludes halogenated alkanes) is 1. The number of carboxylic acid groups (broad SMARTS) is 1. The molecule has 0 bridgehead atoms. The maximum Gasteiger partial charge on any atom is 0.315 e. The number of hydrogen-bond acceptors (Lipinski definition) is 32. The van der Waals surface area contributed by atoms with Crippen LogP contribution in [0.2, 0.25) is 0 Å². The Balaban J connectivity index is 1.64. The fourth-order valence-electron chi connectivity index (χ4n) is 15.6. The highest BCUT2D eigenvalue weighted by Gasteiger charge is 2.47. The zero-order valence-corrected chi connectivity index (χ0v) is 85.8. The zero-order valence-electron chi connectivity index (χ0n) is 85.0. The van der Waals surface area contributed by atoms with E-state index in [0.29, 0.717) is 90.9 Å². The molecule has 3 aliphatic heterocycles. The average molecular weight is 2070 g/mol. The first-order valence-electron chi connectivity index (χ1n) is 49.4. The number of carboxylic acids is 1. The van der Waals surface area contributed by atoms with Crippen molar-refractivity contribution in [1.82, 2.24) is 69.1 Å². The van der Waals surface area contributed by atoms with Crippen molar-refractivity contribution in [3.8, 4) is 0 Å². The molecule has 0 aromatic rings. The molecule has 2 fully saturated rings. The number of rotatable bonds is 69. The molecule has 49 nitrogen and oxygen atoms in total. The molecule has 2 saturated heterocycles. The van der Waals surface area contributed by atoms with Gasteiger partial charge in [0.25, 0.3) is 0 Å². The number of ether oxygens (including phenoxy) is 8. The lowest BCUT2D eigenvalue weighted by Gasteiger charge is -2.35. The van der Waals surface area contributed by atoms with Gasteiger partial charge in [0.15, 0.2) is 17.3 Å². The number of urea groups is 1. The van der Waals surface area contributed by atoms with Gasteiger partial charge < -0.3 is 151 Å². The number of carbonyl (C=O) groups excluding carboxylic acids is 19. The van der Waals surface area contributed by atoms with Crippen LogP contribution in [0, 0.1) is 35.0 Å². The number of nitrogens with one attached hydrogen (secondary N) is 13. The molecule has 144 heavy (non-hydrogen) atoms. The summed E-state index contributed by atoms with van der Waals surface area (Å²) in [7, 11) is 0. The van der Waals surface area contributed by atoms with Crippen LogP contribution in [0.15, 0.2) is 12.2 Å². The van der Waals surface area contributed by atoms with Crippen molar-refractivity contribution in [3.63, 3.8) is 0 Å². The molecule has 0 unspecified atom stereocenters. The molecule has 26 N–H and O–H groups in total. The SMILES string of the molecule is CC[C@H](C)[C@H](NC(=O)[C@H](C)NC(=O)[C@H](CC(N)=O)NC(=O)[C@H](CCC(N)=O)NC(=O)[C@@H](N)[C@@H](C)O)C(=O)C[C@@H](CC(=O)O)C(=O)N[C@@]1(C)CCC/C=C\CCC[C@@](C)(C(=O)N[C@H](C(=O)C[C@@H](CC(N)=O)C(=O)NCCOCCOCCOCCOCCOCCOCCOCCOCCNC(=O)CCCC[C@@H]2SC[C@@H]3NC(=O)N[C@@H]32)C(C)C)CC(=O)[C@H](CC(N)=O)NC(=O)[C@H]([C@@H](C)O)NC(=O)[C@H]([C@@H](C)CC)NC1=O. The largest absolute Gasteiger partial charge is 0.481 e. The third kappa shape index (κ3) is 49.6. The molecule has 0 aliphatic carbocycles. The van der Waals surface area contributed by atoms with Gasteiger partial charge in [0.05, 0.1) is 185 Å². The molecule has 3 heterocycles. The minimum Gasteiger partial charge on any atom is -0.481 e. The van der Waals surface area contributed by atoms with E-state index in [4.69, 9.17) is 66.6 Å². The van der Waals surface area contributed by atoms with Gasteiger partial charge in [-0.05, 0) is 103 Å². The lowest BCUT2D eigenvalue weighted by Crippen LogP contribution is -2.64. The second kappa shape index (κ2) is 68.8. The van der Waals surface area contributed by atoms with Gasteiger partial charge in [0.1, 0.15) is 41.8 Å². The number of primary amides is 4. The quantitative estimate of drug-likeness (QED) is 0.0157. The van der Waals surface area contributed by atoms with Crippen molar-refractivity contribution >= 4 is 130 Å². The topological polar surface area (TPSA) is 762 Å². The maximum atomic E-state index is 15.1. The van der Waals surface area contributed by atoms with Crippen LogP contribution in [0.25, 0.3) is 0 Å². The highest BCUT2D eigenvalue weighted by Crippen LogP contribution is 2.35. The van der Waals surface area contributed by atoms with Crippen molar-refractivity contribution < 1.29 is 149 Å². The monoisotopic (exact) mass is 2070 g/mol. The van der Waals surface area contributed by atoms with E-state index in [1.165, 1.54) is 27.7 Å². The first-order chi connectivity index (χ1) is 68.1. The number of aliphatic carboxylic acids is 1. The number of hydrogen-bond donors (Lipinski definition) is 21. The van der Waals surface area contributed by atoms with E-state index in [1.807, 2.05) is 11.8 Å². The lowest BCUT2D eigenvalue weighted by molar-refractivity contribution is -0.144. The average Bonchev–Trinajstić information content (AvgIpc) is 1.79. The lowest BCUT2D eigenvalue weighted by atomic mass is 9.77. The number of allylic oxidation sites excluding steroid dienone is 2. The minimum atomic E-state index is -2.08. The Morgan fingerprint density at radius 1 is 0.507 bits per heavy atom. The van der Waals surface area contributed by atoms with Crippen LogP contribution in [0.3, 0.4) is 0 Å². The Morgan fingerprint density at radius 3 is 1.51 bits per heavy atom. The first kappa shape index (κ1) is 128. The zero-order chi connectivity index (χ0) is 108. The standard InChI is InChI=1S/C94H160N18O31S/c1-12-55(5)78(107-82(125)57(7)102-86(129)64(51-73(98)121)105-85(128)62(24-25-70(95)118)103-87(130)76(99)58(8)113)67(116)47-61(49-75(123)124)84(127)112-94(11)27-21-17-15-14-16-20-26-93(10,52-68(117)63(50-72(97)120)104-89(132)80(59(9)114)108-88(131)79(56(6)13-2)110-91(94)134)90(133)109-77(54(3)4)66(115)46-60(48-71(96)119)83(126)101-29-31-137-33-35-139-37-39-141-41-43-143-45-44-142-42-40-140-38-36-138-34-32-136-30-28-100-74(122)23-19-18-22-69-81-65(53-144-69)106-92(135)111-81/h14-15,54-65,69,76-81,113-114H,12-13,16-53,99H2,1-11H3,(H2,95,118)(H2,96,119)(H2,97,120)(H2,98,121)(H,100,122)(H,101,126)(H,102,129)(H,103,130)(H,104,132)(H,105,128)(H,107,125)(H,108,131)(H,109,133)(H,110,134)(H,112,127)(H,123,124)(H2,106,111,135)/b15-14-/t55-,56-,57-,58+,59+,60-,61-,62-,63-,64-,65-,69-,76-,77-,78-,79-,80-,81-,93+,94-/m0/s1. The van der Waals surface area contributed by atoms with Crippen LogP contribution in [0.5, 0.6) is 0 Å². The van der Waals surface area contributed by atoms with Crippen molar-refractivity contribution in [1.29, 1.82) is 0 Å². The third-order valence-electron chi connectivity index (χ3n) is 24.7. The molecule has 3 aliphatic rings. The van der Waals surface area contributed by atoms with Gasteiger partial charge in [-0.25, -0.2) is 4.79 Å². The Hall–Kier alpha value is -10.5. The van der Waals surface area contributed by atoms with E-state index in [9.17, 15) is 102 Å². The second-order valence-electron chi connectivity index (χ2n) is 37.3. The van der Waals surface area contributed by atoms with Crippen molar-refractivity contribution in [2.45, 2.75) is 300 Å². The summed E-state index contributed by atoms with van der Waals surface area (Å²) in [6, 6.07) is -14.6. The molecule has 0 aromatic heterocycles. The predicted molar refractivity (Wildman–Crippen MR) is 522 cm³/mol. The van der Waals surface area contributed by atoms with E-state index in [-0.39, 0.29) is 115 Å². The summed E-state index contributed by atoms with van der Waals surface area (Å²) in [5.41, 5.74) is 23.8. The van der Waals surface area contributed by atoms with E-state index in [0.717, 1.165) is 38.9 Å². The summed E-state index contributed by atoms with van der Waals surface area (Å²) in [5.74, 6) is -23.1. The second-order valence-corrected chi connectivity index (χ2v) is 38.6. The predicted octanol–water partition coefficient (Wildman–Crippen LogP) is -3.92. The molecule has 3 rings (SSSR count). The Kier molecular flexibility index (Phi) is 60.9. The van der Waals surface area contributed by atoms with Gasteiger partial charge in [0.2, 0.25) is 88.6 Å². The molecule has 0 spiro atoms. The van der Waals surface area contributed by atoms with Gasteiger partial charge >= 0.3 is 12.0 Å². The molecule has 20 atom stereocenters. The van der Waals surface area contributed by atoms with Crippen LogP contribution in [0.4, 0.5) is 4.79 Å². The summed E-state index contributed by atoms with van der Waals surface area (Å²) in [6.45, 7) is 20.9. The summed E-state index contributed by atoms with van der Waals surface area (Å²) in [4.78, 5) is 271. The molecular weight excluding hydrogens is 1910 g/mol. The number of amides is 17. The van der Waals surface area contributed by atoms with Crippen LogP contribution >= 0.6 is 11.8 Å². The van der Waals surface area contributed by atoms with Crippen LogP contribution in [0.1, 0.15) is 211 Å². The number of nitrogens with two attached hydrogens (primary N) is 5. The smallest absolute Gasteiger partial charge is 0.315 e. The number of fused-ring (bicyclic) bond motifs is 1. The van der Waals surface area contributed by atoms with Crippen molar-refractivity contribution in [2.75, 3.05) is 125 Å². The molecule has 0 aromatic carbocycles. The number of aliphatic hydroxyl groups excluding tert-OH is 2. The van der Waals surface area contributed by atoms with E-state index < -0.39 is 271 Å². The molecule has 818 valence electrons. The molecule has 0 radical (unpaired) electrons. The molecule has 0 saturated carbocycles. The maximum absolute atomic E-state index is 15.1. The fourth-order valence-corrected chi connectivity index (χ4v) is 17.2. The Labute approximate surface area is 844 Å². The number of Topliss-reactive ketones (excluding diaryl/α,β-unsaturated/α-hetero) is 3. The molecule has 50 heteroatoms. The highest BCUT2D eigenvalue weighted by molar-refractivity contribution is 8.00. The molecule has 17 amide bonds. The summed E-state index contributed by atoms with van der Waals surface area (Å²) >= 11 is 1.87. The van der Waals surface area contributed by atoms with Gasteiger partial charge in [0, 0.05) is 62.6 Å². The van der Waals surface area contributed by atoms with Crippen molar-refractivity contribution in [3.05, 3.63) is 12.2 Å². The number of thioether (sulfide) groups is 1. The summed E-state index contributed by atoms with van der Waals surface area (Å²) < 4.78 is 44.4. The first-order valence-corrected chi connectivity index (χ1v) is 50.4. The molecular formula is C94H160N18O31S. The number of carbonyl (C=O) groups is 20. The van der Waals surface area contributed by atoms with Gasteiger partial charge in [-0.1, -0.05) is 79.9 Å². The van der Waals surface area contributed by atoms with Crippen LogP contribution in [-0.4, -0.2) is 347 Å². The number of ketones is 3. The van der Waals surface area contributed by atoms with E-state index in [1.54, 1.807) is 46.8 Å². The van der Waals surface area contributed by atoms with E-state index >= 15 is 9.59 Å². The normalized spacial score (nSPS) is 21.9. The Morgan fingerprint density at radius 2 is 1.01 bits per heavy atom. The fraction of sp³-hybridized carbons (Fsp3) is 0.766. The van der Waals surface area contributed by atoms with Crippen molar-refractivity contribution in [2.24, 2.45) is 63.7 Å². The summed E-state index contributed by atoms with van der Waals surface area (Å²) in [6.07, 6.45) is -2.56. The van der Waals surface area contributed by atoms with Gasteiger partial charge in [-0.3, -0.25) is 91.1 Å². The summed E-state index contributed by atoms with van der Waals surface area (Å²) in [5, 5.41) is 65.3. The van der Waals surface area contributed by atoms with Crippen LogP contribution < -0.4 is 97.8 Å². The van der Waals surface area contributed by atoms with Gasteiger partial charge in [-0.15, -0.1) is 0 Å². The van der Waals surface area contributed by atoms with Crippen LogP contribution in [-0.2, 0) is 129 Å². The van der Waals surface area contributed by atoms with E-state index in [2.05, 4.69) is 69.1 Å². The highest BCUT2D eigenvalue weighted by atomic mass is 32.2. The van der Waals surface area contributed by atoms with Gasteiger partial charge in [-0.2, -0.15) is 11.8 Å². The number of aliphatic hydroxyl groups is 2. The minimum absolute atomic E-state index is 0.00368. The Bertz CT molecular complexity index is 4190. The third-order valence-corrected chi connectivity index (χ3v) is 26.2.